The molecule has 3 nitrogen and oxygen atoms in total. The largest absolute Gasteiger partial charge is 1.00 e. The van der Waals surface area contributed by atoms with E-state index in [0.29, 0.717) is 0 Å². The number of benzene rings is 8. The maximum Gasteiger partial charge on any atom is 0.323 e. The zero-order valence-corrected chi connectivity index (χ0v) is 30.4. The number of amides is 2. The molecule has 51 heavy (non-hydrogen) atoms. The van der Waals surface area contributed by atoms with Gasteiger partial charge in [-0.3, -0.25) is 0 Å². The minimum atomic E-state index is -2.40. The molecular formula is C46H36BrN2OP. The van der Waals surface area contributed by atoms with E-state index in [2.05, 4.69) is 174 Å². The van der Waals surface area contributed by atoms with Gasteiger partial charge in [-0.2, -0.15) is 0 Å². The highest BCUT2D eigenvalue weighted by atomic mass is 79.9. The van der Waals surface area contributed by atoms with Crippen molar-refractivity contribution in [2.24, 2.45) is 0 Å². The van der Waals surface area contributed by atoms with Crippen LogP contribution in [0.5, 0.6) is 0 Å². The summed E-state index contributed by atoms with van der Waals surface area (Å²) in [6, 6.07) is 68.2. The Morgan fingerprint density at radius 1 is 0.451 bits per heavy atom. The van der Waals surface area contributed by atoms with Crippen LogP contribution >= 0.6 is 7.26 Å². The van der Waals surface area contributed by atoms with Crippen molar-refractivity contribution >= 4 is 62.1 Å². The van der Waals surface area contributed by atoms with Gasteiger partial charge < -0.3 is 27.6 Å². The Labute approximate surface area is 310 Å². The number of halogens is 1. The Morgan fingerprint density at radius 2 is 0.922 bits per heavy atom. The van der Waals surface area contributed by atoms with E-state index in [9.17, 15) is 4.79 Å². The maximum absolute atomic E-state index is 13.7. The van der Waals surface area contributed by atoms with Crippen LogP contribution in [0.15, 0.2) is 194 Å². The number of anilines is 2. The zero-order chi connectivity index (χ0) is 33.8. The molecule has 0 aliphatic heterocycles. The number of rotatable bonds is 8. The molecule has 0 bridgehead atoms. The van der Waals surface area contributed by atoms with Gasteiger partial charge in [0.15, 0.2) is 0 Å². The van der Waals surface area contributed by atoms with E-state index >= 15 is 0 Å². The number of nitrogens with one attached hydrogen (secondary N) is 2. The average molecular weight is 744 g/mol. The Balaban J connectivity index is 0.00000406. The molecule has 0 aliphatic carbocycles. The molecule has 8 aromatic carbocycles. The highest BCUT2D eigenvalue weighted by Crippen LogP contribution is 2.61. The molecule has 2 amide bonds. The second-order valence-electron chi connectivity index (χ2n) is 12.5. The van der Waals surface area contributed by atoms with E-state index in [1.54, 1.807) is 0 Å². The minimum absolute atomic E-state index is 0. The van der Waals surface area contributed by atoms with Crippen molar-refractivity contribution in [3.63, 3.8) is 0 Å². The van der Waals surface area contributed by atoms with Crippen molar-refractivity contribution < 1.29 is 21.8 Å². The van der Waals surface area contributed by atoms with Crippen LogP contribution in [0.2, 0.25) is 0 Å². The molecule has 0 heterocycles. The first-order valence-corrected chi connectivity index (χ1v) is 18.9. The first kappa shape index (κ1) is 33.9. The topological polar surface area (TPSA) is 41.1 Å². The van der Waals surface area contributed by atoms with Gasteiger partial charge in [0.1, 0.15) is 23.2 Å². The molecule has 0 saturated heterocycles. The van der Waals surface area contributed by atoms with Gasteiger partial charge in [-0.05, 0) is 75.6 Å². The third kappa shape index (κ3) is 6.69. The normalized spacial score (nSPS) is 11.1. The molecule has 0 unspecified atom stereocenters. The van der Waals surface area contributed by atoms with Gasteiger partial charge >= 0.3 is 6.03 Å². The number of urea groups is 1. The molecule has 0 aliphatic rings. The van der Waals surface area contributed by atoms with E-state index < -0.39 is 7.26 Å². The monoisotopic (exact) mass is 742 g/mol. The fraction of sp³-hybridized carbons (Fsp3) is 0.0217. The van der Waals surface area contributed by atoms with Crippen molar-refractivity contribution in [2.75, 3.05) is 10.6 Å². The SMILES string of the molecule is O=C(Nc1ccccc1)Nc1ccc2ccccc2c1-c1c([P+](Cc2ccccc2)(c2ccccc2)c2ccccc2)ccc2ccccc12.[Br-]. The van der Waals surface area contributed by atoms with Crippen LogP contribution in [-0.2, 0) is 6.16 Å². The lowest BCUT2D eigenvalue weighted by Gasteiger charge is -2.31. The molecule has 0 saturated carbocycles. The lowest BCUT2D eigenvalue weighted by atomic mass is 9.92. The number of hydrogen-bond acceptors (Lipinski definition) is 1. The summed E-state index contributed by atoms with van der Waals surface area (Å²) in [5.74, 6) is 0. The lowest BCUT2D eigenvalue weighted by Crippen LogP contribution is -3.00. The lowest BCUT2D eigenvalue weighted by molar-refractivity contribution is -0.0000123. The predicted molar refractivity (Wildman–Crippen MR) is 215 cm³/mol. The first-order chi connectivity index (χ1) is 24.7. The summed E-state index contributed by atoms with van der Waals surface area (Å²) in [7, 11) is -2.40. The fourth-order valence-electron chi connectivity index (χ4n) is 7.21. The Morgan fingerprint density at radius 3 is 1.51 bits per heavy atom. The van der Waals surface area contributed by atoms with Gasteiger partial charge in [-0.15, -0.1) is 0 Å². The van der Waals surface area contributed by atoms with Crippen molar-refractivity contribution in [1.82, 2.24) is 0 Å². The summed E-state index contributed by atoms with van der Waals surface area (Å²) < 4.78 is 0. The van der Waals surface area contributed by atoms with Crippen LogP contribution in [0.4, 0.5) is 16.2 Å². The summed E-state index contributed by atoms with van der Waals surface area (Å²) >= 11 is 0. The molecule has 0 spiro atoms. The second kappa shape index (κ2) is 15.1. The Hall–Kier alpha value is -5.54. The molecule has 248 valence electrons. The van der Waals surface area contributed by atoms with Crippen molar-refractivity contribution in [1.29, 1.82) is 0 Å². The zero-order valence-electron chi connectivity index (χ0n) is 27.9. The maximum atomic E-state index is 13.7. The van der Waals surface area contributed by atoms with Gasteiger partial charge in [0, 0.05) is 16.8 Å². The summed E-state index contributed by atoms with van der Waals surface area (Å²) in [4.78, 5) is 13.7. The Kier molecular flexibility index (Phi) is 10.1. The van der Waals surface area contributed by atoms with Crippen LogP contribution in [0, 0.1) is 0 Å². The van der Waals surface area contributed by atoms with Gasteiger partial charge in [0.05, 0.1) is 11.8 Å². The number of para-hydroxylation sites is 1. The van der Waals surface area contributed by atoms with E-state index in [-0.39, 0.29) is 23.0 Å². The average Bonchev–Trinajstić information content (AvgIpc) is 3.18. The summed E-state index contributed by atoms with van der Waals surface area (Å²) in [6.07, 6.45) is 0.842. The van der Waals surface area contributed by atoms with Crippen LogP contribution in [0.25, 0.3) is 32.7 Å². The Bertz CT molecular complexity index is 2380. The number of fused-ring (bicyclic) bond motifs is 2. The van der Waals surface area contributed by atoms with E-state index in [0.717, 1.165) is 50.2 Å². The van der Waals surface area contributed by atoms with Crippen molar-refractivity contribution in [2.45, 2.75) is 6.16 Å². The third-order valence-corrected chi connectivity index (χ3v) is 13.8. The molecule has 2 N–H and O–H groups in total. The van der Waals surface area contributed by atoms with E-state index in [4.69, 9.17) is 0 Å². The van der Waals surface area contributed by atoms with Crippen molar-refractivity contribution in [3.05, 3.63) is 200 Å². The molecule has 0 radical (unpaired) electrons. The fourth-order valence-corrected chi connectivity index (χ4v) is 11.7. The number of carbonyl (C=O) groups excluding carboxylic acids is 1. The summed E-state index contributed by atoms with van der Waals surface area (Å²) in [5.41, 5.74) is 4.94. The van der Waals surface area contributed by atoms with Crippen LogP contribution in [0.1, 0.15) is 5.56 Å². The molecule has 8 aromatic rings. The predicted octanol–water partition coefficient (Wildman–Crippen LogP) is 7.80. The van der Waals surface area contributed by atoms with Crippen molar-refractivity contribution in [3.8, 4) is 11.1 Å². The molecule has 5 heteroatoms. The van der Waals surface area contributed by atoms with Gasteiger partial charge in [0.2, 0.25) is 0 Å². The minimum Gasteiger partial charge on any atom is -1.00 e. The van der Waals surface area contributed by atoms with E-state index in [1.165, 1.54) is 21.5 Å². The van der Waals surface area contributed by atoms with E-state index in [1.807, 2.05) is 30.3 Å². The second-order valence-corrected chi connectivity index (χ2v) is 15.9. The summed E-state index contributed by atoms with van der Waals surface area (Å²) in [5, 5.41) is 14.7. The smallest absolute Gasteiger partial charge is 0.323 e. The third-order valence-electron chi connectivity index (χ3n) is 9.43. The van der Waals surface area contributed by atoms with Gasteiger partial charge in [0.25, 0.3) is 0 Å². The van der Waals surface area contributed by atoms with Gasteiger partial charge in [-0.1, -0.05) is 146 Å². The molecular weight excluding hydrogens is 707 g/mol. The van der Waals surface area contributed by atoms with Gasteiger partial charge in [-0.25, -0.2) is 4.79 Å². The first-order valence-electron chi connectivity index (χ1n) is 16.9. The van der Waals surface area contributed by atoms with Crippen LogP contribution < -0.4 is 43.5 Å². The van der Waals surface area contributed by atoms with Crippen LogP contribution in [0.3, 0.4) is 0 Å². The number of hydrogen-bond donors (Lipinski definition) is 2. The molecule has 8 rings (SSSR count). The molecule has 0 fully saturated rings. The van der Waals surface area contributed by atoms with Crippen LogP contribution in [-0.4, -0.2) is 6.03 Å². The highest BCUT2D eigenvalue weighted by Gasteiger charge is 2.48. The summed E-state index contributed by atoms with van der Waals surface area (Å²) in [6.45, 7) is 0. The molecule has 0 atom stereocenters. The highest BCUT2D eigenvalue weighted by molar-refractivity contribution is 7.95. The standard InChI is InChI=1S/C46H35N2OP.BrH/c49-46(47-37-21-7-2-8-22-37)48-42-31-29-35-19-13-15-27-40(35)44(42)45-41-28-16-14-20-36(41)30-32-43(45)50(38-23-9-3-10-24-38,39-25-11-4-12-26-39)33-34-17-5-1-6-18-34;/h1-32H,33H2,(H-,47,48,49);1H. The number of carbonyl (C=O) groups is 1. The molecule has 0 aromatic heterocycles. The quantitative estimate of drug-likeness (QED) is 0.153.